The van der Waals surface area contributed by atoms with E-state index in [1.807, 2.05) is 10.6 Å². The fourth-order valence-electron chi connectivity index (χ4n) is 2.91. The first-order valence-electron chi connectivity index (χ1n) is 7.98. The number of imidazole rings is 1. The Balaban J connectivity index is 1.82. The van der Waals surface area contributed by atoms with Crippen molar-refractivity contribution in [3.63, 3.8) is 0 Å². The first kappa shape index (κ1) is 17.8. The van der Waals surface area contributed by atoms with Gasteiger partial charge in [0, 0.05) is 11.5 Å². The molecule has 0 atom stereocenters. The Morgan fingerprint density at radius 3 is 2.75 bits per heavy atom. The lowest BCUT2D eigenvalue weighted by atomic mass is 10.2. The third kappa shape index (κ3) is 3.00. The van der Waals surface area contributed by atoms with Crippen LogP contribution in [0.2, 0.25) is 0 Å². The van der Waals surface area contributed by atoms with Crippen molar-refractivity contribution in [2.24, 2.45) is 5.14 Å². The predicted octanol–water partition coefficient (Wildman–Crippen LogP) is 0.950. The highest BCUT2D eigenvalue weighted by molar-refractivity contribution is 7.89. The van der Waals surface area contributed by atoms with Gasteiger partial charge in [-0.2, -0.15) is 10.2 Å². The molecule has 0 aromatic carbocycles. The van der Waals surface area contributed by atoms with E-state index in [4.69, 9.17) is 9.88 Å². The van der Waals surface area contributed by atoms with Crippen molar-refractivity contribution in [1.29, 1.82) is 5.26 Å². The SMILES string of the molecule is COc1ccc2c(ncc3ncn(Cc4ccc(S(N)(=O)=O)c(C#N)n4)c32)n1. The number of ether oxygens (including phenoxy) is 1. The Hall–Kier alpha value is -3.62. The first-order chi connectivity index (χ1) is 13.4. The van der Waals surface area contributed by atoms with Crippen LogP contribution in [0.1, 0.15) is 11.4 Å². The fourth-order valence-corrected chi connectivity index (χ4v) is 3.53. The normalized spacial score (nSPS) is 11.6. The molecule has 0 unspecified atom stereocenters. The van der Waals surface area contributed by atoms with Crippen LogP contribution in [0.4, 0.5) is 0 Å². The number of nitriles is 1. The summed E-state index contributed by atoms with van der Waals surface area (Å²) in [6, 6.07) is 8.13. The zero-order chi connectivity index (χ0) is 19.9. The van der Waals surface area contributed by atoms with Gasteiger partial charge in [-0.15, -0.1) is 0 Å². The van der Waals surface area contributed by atoms with Crippen LogP contribution in [0.15, 0.2) is 41.7 Å². The van der Waals surface area contributed by atoms with Crippen LogP contribution in [0.25, 0.3) is 22.1 Å². The Labute approximate surface area is 159 Å². The maximum absolute atomic E-state index is 11.6. The molecule has 0 saturated heterocycles. The van der Waals surface area contributed by atoms with Crippen molar-refractivity contribution in [1.82, 2.24) is 24.5 Å². The van der Waals surface area contributed by atoms with Gasteiger partial charge in [-0.3, -0.25) is 0 Å². The summed E-state index contributed by atoms with van der Waals surface area (Å²) in [6.45, 7) is 0.265. The van der Waals surface area contributed by atoms with Crippen LogP contribution >= 0.6 is 0 Å². The van der Waals surface area contributed by atoms with Crippen molar-refractivity contribution in [2.75, 3.05) is 7.11 Å². The molecular formula is C17H13N7O3S. The van der Waals surface area contributed by atoms with Crippen molar-refractivity contribution in [2.45, 2.75) is 11.4 Å². The number of hydrogen-bond donors (Lipinski definition) is 1. The van der Waals surface area contributed by atoms with Gasteiger partial charge in [0.1, 0.15) is 16.5 Å². The molecule has 0 saturated carbocycles. The van der Waals surface area contributed by atoms with E-state index < -0.39 is 10.0 Å². The summed E-state index contributed by atoms with van der Waals surface area (Å²) in [4.78, 5) is 16.8. The molecule has 0 radical (unpaired) electrons. The van der Waals surface area contributed by atoms with Crippen LogP contribution in [-0.4, -0.2) is 40.0 Å². The highest BCUT2D eigenvalue weighted by Crippen LogP contribution is 2.24. The number of hydrogen-bond acceptors (Lipinski definition) is 8. The molecule has 11 heteroatoms. The molecule has 0 fully saturated rings. The number of pyridine rings is 3. The molecule has 2 N–H and O–H groups in total. The zero-order valence-electron chi connectivity index (χ0n) is 14.6. The topological polar surface area (TPSA) is 150 Å². The van der Waals surface area contributed by atoms with E-state index in [-0.39, 0.29) is 17.1 Å². The molecule has 0 amide bonds. The number of nitrogens with two attached hydrogens (primary N) is 1. The van der Waals surface area contributed by atoms with Crippen molar-refractivity contribution < 1.29 is 13.2 Å². The van der Waals surface area contributed by atoms with Crippen LogP contribution in [-0.2, 0) is 16.6 Å². The second-order valence-electron chi connectivity index (χ2n) is 5.90. The number of sulfonamides is 1. The lowest BCUT2D eigenvalue weighted by Crippen LogP contribution is -2.15. The summed E-state index contributed by atoms with van der Waals surface area (Å²) in [5.74, 6) is 0.448. The highest BCUT2D eigenvalue weighted by Gasteiger charge is 2.17. The summed E-state index contributed by atoms with van der Waals surface area (Å²) in [5.41, 5.74) is 2.19. The molecule has 4 aromatic heterocycles. The third-order valence-electron chi connectivity index (χ3n) is 4.15. The van der Waals surface area contributed by atoms with Gasteiger partial charge in [0.2, 0.25) is 15.9 Å². The number of fused-ring (bicyclic) bond motifs is 3. The molecule has 0 bridgehead atoms. The number of rotatable bonds is 4. The summed E-state index contributed by atoms with van der Waals surface area (Å²) < 4.78 is 30.1. The van der Waals surface area contributed by atoms with Gasteiger partial charge in [0.15, 0.2) is 11.3 Å². The van der Waals surface area contributed by atoms with E-state index >= 15 is 0 Å². The third-order valence-corrected chi connectivity index (χ3v) is 5.09. The van der Waals surface area contributed by atoms with Crippen molar-refractivity contribution in [3.8, 4) is 11.9 Å². The average Bonchev–Trinajstić information content (AvgIpc) is 3.09. The van der Waals surface area contributed by atoms with E-state index in [1.165, 1.54) is 19.2 Å². The number of methoxy groups -OCH3 is 1. The quantitative estimate of drug-likeness (QED) is 0.536. The Bertz CT molecular complexity index is 1370. The summed E-state index contributed by atoms with van der Waals surface area (Å²) in [6.07, 6.45) is 3.23. The summed E-state index contributed by atoms with van der Waals surface area (Å²) >= 11 is 0. The maximum atomic E-state index is 11.6. The van der Waals surface area contributed by atoms with Crippen molar-refractivity contribution in [3.05, 3.63) is 48.2 Å². The second kappa shape index (κ2) is 6.52. The Morgan fingerprint density at radius 2 is 2.04 bits per heavy atom. The molecular weight excluding hydrogens is 382 g/mol. The van der Waals surface area contributed by atoms with E-state index in [0.717, 1.165) is 10.9 Å². The Morgan fingerprint density at radius 1 is 1.21 bits per heavy atom. The van der Waals surface area contributed by atoms with Crippen molar-refractivity contribution >= 4 is 32.1 Å². The van der Waals surface area contributed by atoms with Crippen LogP contribution in [0.5, 0.6) is 5.88 Å². The summed E-state index contributed by atoms with van der Waals surface area (Å²) in [7, 11) is -2.50. The molecule has 0 spiro atoms. The van der Waals surface area contributed by atoms with Gasteiger partial charge in [-0.1, -0.05) is 0 Å². The first-order valence-corrected chi connectivity index (χ1v) is 9.53. The number of aromatic nitrogens is 5. The van der Waals surface area contributed by atoms with E-state index in [2.05, 4.69) is 19.9 Å². The second-order valence-corrected chi connectivity index (χ2v) is 7.43. The lowest BCUT2D eigenvalue weighted by molar-refractivity contribution is 0.399. The van der Waals surface area contributed by atoms with Crippen LogP contribution in [0.3, 0.4) is 0 Å². The van der Waals surface area contributed by atoms with E-state index in [9.17, 15) is 13.7 Å². The van der Waals surface area contributed by atoms with Crippen LogP contribution < -0.4 is 9.88 Å². The van der Waals surface area contributed by atoms with E-state index in [0.29, 0.717) is 22.7 Å². The molecule has 140 valence electrons. The lowest BCUT2D eigenvalue weighted by Gasteiger charge is -2.08. The van der Waals surface area contributed by atoms with E-state index in [1.54, 1.807) is 24.7 Å². The van der Waals surface area contributed by atoms with Gasteiger partial charge in [0.05, 0.1) is 37.4 Å². The Kier molecular flexibility index (Phi) is 4.14. The molecule has 0 aliphatic carbocycles. The summed E-state index contributed by atoms with van der Waals surface area (Å²) in [5, 5.41) is 15.1. The maximum Gasteiger partial charge on any atom is 0.240 e. The van der Waals surface area contributed by atoms with Gasteiger partial charge < -0.3 is 9.30 Å². The smallest absolute Gasteiger partial charge is 0.240 e. The minimum absolute atomic E-state index is 0.248. The molecule has 4 aromatic rings. The molecule has 4 rings (SSSR count). The monoisotopic (exact) mass is 395 g/mol. The van der Waals surface area contributed by atoms with Gasteiger partial charge in [0.25, 0.3) is 0 Å². The molecule has 10 nitrogen and oxygen atoms in total. The highest BCUT2D eigenvalue weighted by atomic mass is 32.2. The fraction of sp³-hybridized carbons (Fsp3) is 0.118. The van der Waals surface area contributed by atoms with Gasteiger partial charge in [-0.25, -0.2) is 28.5 Å². The zero-order valence-corrected chi connectivity index (χ0v) is 15.4. The largest absolute Gasteiger partial charge is 0.481 e. The molecule has 4 heterocycles. The van der Waals surface area contributed by atoms with Gasteiger partial charge in [-0.05, 0) is 18.2 Å². The minimum Gasteiger partial charge on any atom is -0.481 e. The molecule has 0 aliphatic rings. The van der Waals surface area contributed by atoms with Crippen LogP contribution in [0, 0.1) is 11.3 Å². The van der Waals surface area contributed by atoms with Gasteiger partial charge >= 0.3 is 0 Å². The molecule has 28 heavy (non-hydrogen) atoms. The standard InChI is InChI=1S/C17H13N7O3S/c1-27-15-5-3-11-16-13(7-20-17(11)23-15)21-9-24(16)8-10-2-4-14(28(19,25)26)12(6-18)22-10/h2-5,7,9H,8H2,1H3,(H2,19,25,26). The minimum atomic E-state index is -4.03. The predicted molar refractivity (Wildman–Crippen MR) is 98.8 cm³/mol. The average molecular weight is 395 g/mol. The molecule has 0 aliphatic heterocycles. The number of primary sulfonamides is 1. The number of nitrogens with zero attached hydrogens (tertiary/aromatic N) is 6.